The second kappa shape index (κ2) is 11.1. The van der Waals surface area contributed by atoms with Gasteiger partial charge in [-0.15, -0.1) is 13.2 Å². The molecule has 13 heteroatoms. The van der Waals surface area contributed by atoms with Crippen LogP contribution in [0.2, 0.25) is 10.0 Å². The molecule has 0 radical (unpaired) electrons. The third-order valence-electron chi connectivity index (χ3n) is 5.20. The highest BCUT2D eigenvalue weighted by molar-refractivity contribution is 6.33. The van der Waals surface area contributed by atoms with E-state index in [9.17, 15) is 18.0 Å². The van der Waals surface area contributed by atoms with Crippen molar-refractivity contribution in [1.29, 1.82) is 0 Å². The smallest absolute Gasteiger partial charge is 0.437 e. The molecule has 0 unspecified atom stereocenters. The number of piperidine rings is 1. The molecule has 1 fully saturated rings. The minimum Gasteiger partial charge on any atom is -0.437 e. The molecule has 2 aromatic heterocycles. The Kier molecular flexibility index (Phi) is 7.90. The summed E-state index contributed by atoms with van der Waals surface area (Å²) in [7, 11) is 0. The molecule has 2 amide bonds. The van der Waals surface area contributed by atoms with Crippen molar-refractivity contribution in [2.75, 3.05) is 23.3 Å². The second-order valence-corrected chi connectivity index (χ2v) is 8.61. The lowest BCUT2D eigenvalue weighted by molar-refractivity contribution is -0.274. The van der Waals surface area contributed by atoms with Gasteiger partial charge in [0, 0.05) is 37.5 Å². The number of rotatable bonds is 6. The van der Waals surface area contributed by atoms with Crippen molar-refractivity contribution in [2.24, 2.45) is 0 Å². The molecule has 1 aromatic carbocycles. The number of benzene rings is 1. The van der Waals surface area contributed by atoms with Gasteiger partial charge in [-0.05, 0) is 43.2 Å². The van der Waals surface area contributed by atoms with Gasteiger partial charge in [0.05, 0.1) is 21.9 Å². The molecule has 3 heterocycles. The maximum absolute atomic E-state index is 12.4. The molecule has 190 valence electrons. The number of aromatic nitrogens is 2. The summed E-state index contributed by atoms with van der Waals surface area (Å²) in [5.41, 5.74) is 0.600. The zero-order valence-corrected chi connectivity index (χ0v) is 20.1. The number of alkyl halides is 3. The quantitative estimate of drug-likeness (QED) is 0.382. The van der Waals surface area contributed by atoms with Gasteiger partial charge in [0.2, 0.25) is 5.88 Å². The van der Waals surface area contributed by atoms with Crippen LogP contribution < -0.4 is 25.0 Å². The summed E-state index contributed by atoms with van der Waals surface area (Å²) in [4.78, 5) is 22.6. The van der Waals surface area contributed by atoms with Crippen LogP contribution >= 0.6 is 23.2 Å². The first-order valence-electron chi connectivity index (χ1n) is 10.8. The topological polar surface area (TPSA) is 88.6 Å². The molecule has 0 atom stereocenters. The zero-order chi connectivity index (χ0) is 25.7. The SMILES string of the molecule is O=C(Nc1cccnc1)NC1CCN(c2nc(Oc3ccc(OC(F)(F)F)cc3Cl)ccc2Cl)CC1. The van der Waals surface area contributed by atoms with Crippen molar-refractivity contribution in [2.45, 2.75) is 25.2 Å². The molecule has 36 heavy (non-hydrogen) atoms. The predicted octanol–water partition coefficient (Wildman–Crippen LogP) is 6.26. The second-order valence-electron chi connectivity index (χ2n) is 7.80. The highest BCUT2D eigenvalue weighted by Gasteiger charge is 2.31. The van der Waals surface area contributed by atoms with E-state index in [2.05, 4.69) is 25.3 Å². The number of anilines is 2. The van der Waals surface area contributed by atoms with Gasteiger partial charge in [-0.25, -0.2) is 4.79 Å². The summed E-state index contributed by atoms with van der Waals surface area (Å²) in [6.45, 7) is 1.16. The number of halogens is 5. The van der Waals surface area contributed by atoms with Crippen LogP contribution in [0.3, 0.4) is 0 Å². The van der Waals surface area contributed by atoms with E-state index in [1.54, 1.807) is 30.6 Å². The standard InChI is InChI=1S/C23H20Cl2F3N5O3/c24-17-4-6-20(35-19-5-3-16(12-18(19)25)36-23(26,27)28)32-21(17)33-10-7-14(8-11-33)30-22(34)31-15-2-1-9-29-13-15/h1-6,9,12-14H,7-8,10-11H2,(H2,30,31,34). The van der Waals surface area contributed by atoms with E-state index in [0.29, 0.717) is 42.5 Å². The molecule has 0 aliphatic carbocycles. The van der Waals surface area contributed by atoms with Gasteiger partial charge in [0.1, 0.15) is 11.5 Å². The van der Waals surface area contributed by atoms with Crippen LogP contribution in [0.4, 0.5) is 29.5 Å². The molecular weight excluding hydrogens is 522 g/mol. The average Bonchev–Trinajstić information content (AvgIpc) is 2.82. The molecule has 1 saturated heterocycles. The van der Waals surface area contributed by atoms with Crippen molar-refractivity contribution in [3.8, 4) is 17.4 Å². The summed E-state index contributed by atoms with van der Waals surface area (Å²) in [6.07, 6.45) is -0.324. The van der Waals surface area contributed by atoms with Gasteiger partial charge in [0.25, 0.3) is 0 Å². The number of nitrogens with zero attached hydrogens (tertiary/aromatic N) is 3. The molecule has 8 nitrogen and oxygen atoms in total. The molecule has 0 saturated carbocycles. The van der Waals surface area contributed by atoms with E-state index < -0.39 is 12.1 Å². The fourth-order valence-corrected chi connectivity index (χ4v) is 4.03. The van der Waals surface area contributed by atoms with E-state index >= 15 is 0 Å². The lowest BCUT2D eigenvalue weighted by atomic mass is 10.1. The van der Waals surface area contributed by atoms with E-state index in [0.717, 1.165) is 12.1 Å². The van der Waals surface area contributed by atoms with Crippen molar-refractivity contribution in [3.63, 3.8) is 0 Å². The molecule has 2 N–H and O–H groups in total. The largest absolute Gasteiger partial charge is 0.573 e. The lowest BCUT2D eigenvalue weighted by Crippen LogP contribution is -2.46. The van der Waals surface area contributed by atoms with Gasteiger partial charge < -0.3 is 25.0 Å². The fourth-order valence-electron chi connectivity index (χ4n) is 3.59. The van der Waals surface area contributed by atoms with E-state index in [1.165, 1.54) is 12.1 Å². The first-order valence-corrected chi connectivity index (χ1v) is 11.5. The van der Waals surface area contributed by atoms with Crippen LogP contribution in [0, 0.1) is 0 Å². The van der Waals surface area contributed by atoms with Gasteiger partial charge >= 0.3 is 12.4 Å². The first-order chi connectivity index (χ1) is 17.2. The van der Waals surface area contributed by atoms with Crippen LogP contribution in [-0.2, 0) is 0 Å². The number of carbonyl (C=O) groups is 1. The van der Waals surface area contributed by atoms with E-state index in [1.807, 2.05) is 4.90 Å². The number of urea groups is 1. The third kappa shape index (κ3) is 7.05. The van der Waals surface area contributed by atoms with Crippen LogP contribution in [-0.4, -0.2) is 41.5 Å². The summed E-state index contributed by atoms with van der Waals surface area (Å²) >= 11 is 12.4. The summed E-state index contributed by atoms with van der Waals surface area (Å²) in [5, 5.41) is 6.01. The Morgan fingerprint density at radius 1 is 1.08 bits per heavy atom. The Balaban J connectivity index is 1.35. The Hall–Kier alpha value is -3.44. The number of hydrogen-bond acceptors (Lipinski definition) is 6. The highest BCUT2D eigenvalue weighted by atomic mass is 35.5. The van der Waals surface area contributed by atoms with Crippen LogP contribution in [0.5, 0.6) is 17.4 Å². The number of ether oxygens (including phenoxy) is 2. The van der Waals surface area contributed by atoms with E-state index in [-0.39, 0.29) is 28.7 Å². The Labute approximate surface area is 214 Å². The van der Waals surface area contributed by atoms with Gasteiger partial charge in [-0.1, -0.05) is 23.2 Å². The Bertz CT molecular complexity index is 1210. The zero-order valence-electron chi connectivity index (χ0n) is 18.6. The molecule has 0 bridgehead atoms. The Morgan fingerprint density at radius 3 is 2.53 bits per heavy atom. The lowest BCUT2D eigenvalue weighted by Gasteiger charge is -2.33. The summed E-state index contributed by atoms with van der Waals surface area (Å²) in [5.74, 6) is 0.294. The van der Waals surface area contributed by atoms with Crippen LogP contribution in [0.25, 0.3) is 0 Å². The minimum absolute atomic E-state index is 0.0348. The van der Waals surface area contributed by atoms with Gasteiger partial charge in [-0.3, -0.25) is 4.98 Å². The summed E-state index contributed by atoms with van der Waals surface area (Å²) in [6, 6.07) is 9.62. The molecule has 1 aliphatic rings. The first kappa shape index (κ1) is 25.6. The molecular formula is C23H20Cl2F3N5O3. The van der Waals surface area contributed by atoms with Gasteiger partial charge in [0.15, 0.2) is 5.82 Å². The van der Waals surface area contributed by atoms with Crippen LogP contribution in [0.1, 0.15) is 12.8 Å². The van der Waals surface area contributed by atoms with Gasteiger partial charge in [-0.2, -0.15) is 4.98 Å². The average molecular weight is 542 g/mol. The molecule has 0 spiro atoms. The molecule has 4 rings (SSSR count). The highest BCUT2D eigenvalue weighted by Crippen LogP contribution is 2.35. The third-order valence-corrected chi connectivity index (χ3v) is 5.79. The maximum atomic E-state index is 12.4. The minimum atomic E-state index is -4.83. The number of amides is 2. The van der Waals surface area contributed by atoms with E-state index in [4.69, 9.17) is 27.9 Å². The molecule has 3 aromatic rings. The maximum Gasteiger partial charge on any atom is 0.573 e. The number of nitrogens with one attached hydrogen (secondary N) is 2. The van der Waals surface area contributed by atoms with Crippen LogP contribution in [0.15, 0.2) is 54.9 Å². The monoisotopic (exact) mass is 541 g/mol. The van der Waals surface area contributed by atoms with Crippen molar-refractivity contribution < 1.29 is 27.4 Å². The van der Waals surface area contributed by atoms with Crippen molar-refractivity contribution in [3.05, 3.63) is 64.9 Å². The Morgan fingerprint density at radius 2 is 1.86 bits per heavy atom. The number of hydrogen-bond donors (Lipinski definition) is 2. The van der Waals surface area contributed by atoms with Crippen molar-refractivity contribution in [1.82, 2.24) is 15.3 Å². The van der Waals surface area contributed by atoms with Crippen molar-refractivity contribution >= 4 is 40.7 Å². The normalized spacial score (nSPS) is 14.3. The molecule has 1 aliphatic heterocycles. The number of pyridine rings is 2. The predicted molar refractivity (Wildman–Crippen MR) is 129 cm³/mol. The fraction of sp³-hybridized carbons (Fsp3) is 0.261. The number of carbonyl (C=O) groups excluding carboxylic acids is 1. The summed E-state index contributed by atoms with van der Waals surface area (Å²) < 4.78 is 46.7.